The third-order valence-corrected chi connectivity index (χ3v) is 5.49. The fourth-order valence-electron chi connectivity index (χ4n) is 3.41. The molecule has 264 valence electrons. The predicted octanol–water partition coefficient (Wildman–Crippen LogP) is 0.287. The van der Waals surface area contributed by atoms with Crippen molar-refractivity contribution in [2.24, 2.45) is 0 Å². The molecule has 1 heterocycles. The zero-order valence-electron chi connectivity index (χ0n) is 26.9. The molecule has 44 heavy (non-hydrogen) atoms. The van der Waals surface area contributed by atoms with Crippen LogP contribution in [0.1, 0.15) is 13.8 Å². The second kappa shape index (κ2) is 32.3. The molecule has 15 nitrogen and oxygen atoms in total. The minimum Gasteiger partial charge on any atom is -0.394 e. The molecule has 0 aromatic heterocycles. The highest BCUT2D eigenvalue weighted by Gasteiger charge is 2.32. The molecule has 0 aromatic rings. The highest BCUT2D eigenvalue weighted by molar-refractivity contribution is 4.69. The first-order valence-corrected chi connectivity index (χ1v) is 15.5. The molecule has 0 saturated carbocycles. The molecule has 1 N–H and O–H groups in total. The third-order valence-electron chi connectivity index (χ3n) is 5.49. The summed E-state index contributed by atoms with van der Waals surface area (Å²) in [5, 5.41) is 8.57. The Morgan fingerprint density at radius 3 is 1.02 bits per heavy atom. The molecule has 1 saturated heterocycles. The van der Waals surface area contributed by atoms with E-state index in [0.29, 0.717) is 152 Å². The monoisotopic (exact) mass is 646 g/mol. The van der Waals surface area contributed by atoms with Crippen LogP contribution >= 0.6 is 0 Å². The summed E-state index contributed by atoms with van der Waals surface area (Å²) in [5.41, 5.74) is 0. The molecule has 15 heteroatoms. The van der Waals surface area contributed by atoms with Crippen molar-refractivity contribution in [2.45, 2.75) is 25.7 Å². The van der Waals surface area contributed by atoms with Gasteiger partial charge in [-0.05, 0) is 13.8 Å². The van der Waals surface area contributed by atoms with E-state index in [4.69, 9.17) is 71.4 Å². The summed E-state index contributed by atoms with van der Waals surface area (Å²) in [4.78, 5) is 0. The smallest absolute Gasteiger partial charge is 0.163 e. The Morgan fingerprint density at radius 2 is 0.750 bits per heavy atom. The number of hydrogen-bond donors (Lipinski definition) is 1. The summed E-state index contributed by atoms with van der Waals surface area (Å²) >= 11 is 0. The van der Waals surface area contributed by atoms with E-state index in [-0.39, 0.29) is 19.5 Å². The van der Waals surface area contributed by atoms with Gasteiger partial charge in [0.1, 0.15) is 12.9 Å². The Bertz CT molecular complexity index is 573. The van der Waals surface area contributed by atoms with Crippen LogP contribution in [-0.4, -0.2) is 182 Å². The molecule has 0 radical (unpaired) electrons. The molecule has 0 amide bonds. The largest absolute Gasteiger partial charge is 0.394 e. The maximum Gasteiger partial charge on any atom is 0.163 e. The summed E-state index contributed by atoms with van der Waals surface area (Å²) in [7, 11) is 0. The van der Waals surface area contributed by atoms with E-state index < -0.39 is 5.79 Å². The van der Waals surface area contributed by atoms with Crippen molar-refractivity contribution in [1.29, 1.82) is 0 Å². The lowest BCUT2D eigenvalue weighted by Gasteiger charge is -2.17. The molecule has 1 aliphatic rings. The summed E-state index contributed by atoms with van der Waals surface area (Å²) in [6.45, 7) is 15.2. The van der Waals surface area contributed by atoms with Crippen molar-refractivity contribution in [3.63, 3.8) is 0 Å². The zero-order chi connectivity index (χ0) is 31.7. The molecule has 1 rings (SSSR count). The molecule has 0 aromatic carbocycles. The summed E-state index contributed by atoms with van der Waals surface area (Å²) in [6.07, 6.45) is -0.0559. The average Bonchev–Trinajstić information content (AvgIpc) is 3.37. The van der Waals surface area contributed by atoms with E-state index in [1.54, 1.807) is 0 Å². The van der Waals surface area contributed by atoms with Gasteiger partial charge in [-0.25, -0.2) is 0 Å². The van der Waals surface area contributed by atoms with E-state index >= 15 is 0 Å². The summed E-state index contributed by atoms with van der Waals surface area (Å²) in [6, 6.07) is 0. The molecule has 1 atom stereocenters. The van der Waals surface area contributed by atoms with Gasteiger partial charge in [-0.15, -0.1) is 0 Å². The number of rotatable bonds is 36. The van der Waals surface area contributed by atoms with Crippen LogP contribution in [0.4, 0.5) is 0 Å². The van der Waals surface area contributed by atoms with Gasteiger partial charge in [0.2, 0.25) is 0 Å². The number of hydrogen-bond acceptors (Lipinski definition) is 15. The van der Waals surface area contributed by atoms with Crippen LogP contribution in [-0.2, 0) is 66.3 Å². The van der Waals surface area contributed by atoms with Crippen molar-refractivity contribution < 1.29 is 71.4 Å². The van der Waals surface area contributed by atoms with Gasteiger partial charge >= 0.3 is 0 Å². The minimum absolute atomic E-state index is 0.0241. The van der Waals surface area contributed by atoms with Crippen LogP contribution in [0.3, 0.4) is 0 Å². The van der Waals surface area contributed by atoms with Crippen molar-refractivity contribution in [2.75, 3.05) is 165 Å². The molecule has 1 unspecified atom stereocenters. The lowest BCUT2D eigenvalue weighted by atomic mass is 10.4. The topological polar surface area (TPSA) is 149 Å². The van der Waals surface area contributed by atoms with Gasteiger partial charge in [-0.3, -0.25) is 0 Å². The van der Waals surface area contributed by atoms with Gasteiger partial charge in [-0.1, -0.05) is 0 Å². The van der Waals surface area contributed by atoms with E-state index in [1.165, 1.54) is 0 Å². The minimum atomic E-state index is -0.536. The Hall–Kier alpha value is -0.600. The number of ether oxygens (including phenoxy) is 14. The highest BCUT2D eigenvalue weighted by Crippen LogP contribution is 2.22. The van der Waals surface area contributed by atoms with Gasteiger partial charge in [0.25, 0.3) is 0 Å². The predicted molar refractivity (Wildman–Crippen MR) is 157 cm³/mol. The van der Waals surface area contributed by atoms with E-state index in [1.807, 2.05) is 13.8 Å². The van der Waals surface area contributed by atoms with E-state index in [2.05, 4.69) is 0 Å². The van der Waals surface area contributed by atoms with Crippen LogP contribution in [0.5, 0.6) is 0 Å². The maximum atomic E-state index is 8.57. The standard InChI is InChI=1S/C29H58O15/c1-29(2)43-26-28(44-29)25-42-27-41-24-23-40-22-21-39-20-19-38-18-17-37-16-15-36-14-13-35-12-11-34-10-9-33-8-7-32-6-5-31-4-3-30/h28,30H,3-27H2,1-2H3. The van der Waals surface area contributed by atoms with Crippen molar-refractivity contribution >= 4 is 0 Å². The Kier molecular flexibility index (Phi) is 30.5. The van der Waals surface area contributed by atoms with Gasteiger partial charge in [0, 0.05) is 0 Å². The Balaban J connectivity index is 1.61. The summed E-state index contributed by atoms with van der Waals surface area (Å²) < 4.78 is 75.9. The molecule has 0 spiro atoms. The van der Waals surface area contributed by atoms with Crippen LogP contribution in [0, 0.1) is 0 Å². The van der Waals surface area contributed by atoms with E-state index in [0.717, 1.165) is 0 Å². The van der Waals surface area contributed by atoms with Gasteiger partial charge in [-0.2, -0.15) is 0 Å². The SMILES string of the molecule is CC1(C)OCC(COCOCCOCCOCCOCCOCCOCCOCCOCCOCCOCCOCCO)O1. The first-order chi connectivity index (χ1) is 21.6. The first-order valence-electron chi connectivity index (χ1n) is 15.5. The van der Waals surface area contributed by atoms with Crippen LogP contribution in [0.15, 0.2) is 0 Å². The van der Waals surface area contributed by atoms with Crippen LogP contribution in [0.25, 0.3) is 0 Å². The molecular weight excluding hydrogens is 588 g/mol. The average molecular weight is 647 g/mol. The van der Waals surface area contributed by atoms with Crippen LogP contribution < -0.4 is 0 Å². The molecule has 0 bridgehead atoms. The lowest BCUT2D eigenvalue weighted by molar-refractivity contribution is -0.153. The van der Waals surface area contributed by atoms with Gasteiger partial charge < -0.3 is 71.4 Å². The molecule has 0 aliphatic carbocycles. The maximum absolute atomic E-state index is 8.57. The molecular formula is C29H58O15. The van der Waals surface area contributed by atoms with Crippen LogP contribution in [0.2, 0.25) is 0 Å². The fourth-order valence-corrected chi connectivity index (χ4v) is 3.41. The molecule has 1 fully saturated rings. The lowest BCUT2D eigenvalue weighted by Crippen LogP contribution is -2.24. The Labute approximate surface area is 262 Å². The third kappa shape index (κ3) is 30.1. The first kappa shape index (κ1) is 41.4. The summed E-state index contributed by atoms with van der Waals surface area (Å²) in [5.74, 6) is -0.536. The second-order valence-electron chi connectivity index (χ2n) is 9.69. The van der Waals surface area contributed by atoms with E-state index in [9.17, 15) is 0 Å². The van der Waals surface area contributed by atoms with Crippen molar-refractivity contribution in [3.8, 4) is 0 Å². The molecule has 1 aliphatic heterocycles. The zero-order valence-corrected chi connectivity index (χ0v) is 26.9. The van der Waals surface area contributed by atoms with Gasteiger partial charge in [0.15, 0.2) is 5.79 Å². The normalized spacial score (nSPS) is 16.3. The fraction of sp³-hybridized carbons (Fsp3) is 1.00. The second-order valence-corrected chi connectivity index (χ2v) is 9.69. The quantitative estimate of drug-likeness (QED) is 0.0733. The number of aliphatic hydroxyl groups excluding tert-OH is 1. The number of aliphatic hydroxyl groups is 1. The Morgan fingerprint density at radius 1 is 0.455 bits per heavy atom. The van der Waals surface area contributed by atoms with Crippen molar-refractivity contribution in [1.82, 2.24) is 0 Å². The van der Waals surface area contributed by atoms with Crippen molar-refractivity contribution in [3.05, 3.63) is 0 Å². The highest BCUT2D eigenvalue weighted by atomic mass is 16.8. The van der Waals surface area contributed by atoms with Gasteiger partial charge in [0.05, 0.1) is 159 Å².